The highest BCUT2D eigenvalue weighted by Gasteiger charge is 2.28. The molecule has 2 heterocycles. The first-order valence-electron chi connectivity index (χ1n) is 10.4. The molecule has 3 aromatic rings. The average Bonchev–Trinajstić information content (AvgIpc) is 3.34. The zero-order chi connectivity index (χ0) is 24.2. The van der Waals surface area contributed by atoms with Crippen LogP contribution in [-0.4, -0.2) is 70.3 Å². The van der Waals surface area contributed by atoms with Crippen molar-refractivity contribution in [3.63, 3.8) is 0 Å². The molecule has 1 saturated heterocycles. The minimum absolute atomic E-state index is 0.326. The molecule has 1 aliphatic heterocycles. The highest BCUT2D eigenvalue weighted by molar-refractivity contribution is 5.90. The molecule has 0 atom stereocenters. The van der Waals surface area contributed by atoms with E-state index >= 15 is 0 Å². The Hall–Kier alpha value is -3.67. The van der Waals surface area contributed by atoms with Crippen LogP contribution in [0.5, 0.6) is 11.5 Å². The molecule has 0 saturated carbocycles. The van der Waals surface area contributed by atoms with E-state index in [1.165, 1.54) is 17.0 Å². The van der Waals surface area contributed by atoms with Crippen LogP contribution < -0.4 is 4.74 Å². The van der Waals surface area contributed by atoms with Crippen molar-refractivity contribution in [2.45, 2.75) is 6.42 Å². The standard InChI is InChI=1S/C22H20F4N4O4/c23-13-2-4-14(5-3-13)33-11-1-6-29-7-9-30(10-8-29)22(32)20-27-21(34-28-20)15-12-16(24)18(26)19(31)17(15)25/h2-5,12,31H,1,6-11H2. The zero-order valence-electron chi connectivity index (χ0n) is 17.8. The number of nitrogens with zero attached hydrogens (tertiary/aromatic N) is 4. The van der Waals surface area contributed by atoms with Crippen LogP contribution in [0.1, 0.15) is 17.0 Å². The molecule has 12 heteroatoms. The Kier molecular flexibility index (Phi) is 6.96. The van der Waals surface area contributed by atoms with Gasteiger partial charge in [0, 0.05) is 32.7 Å². The Morgan fingerprint density at radius 1 is 1.06 bits per heavy atom. The highest BCUT2D eigenvalue weighted by atomic mass is 19.2. The summed E-state index contributed by atoms with van der Waals surface area (Å²) in [4.78, 5) is 20.1. The second kappa shape index (κ2) is 10.1. The molecule has 1 amide bonds. The Bertz CT molecular complexity index is 1160. The molecular weight excluding hydrogens is 460 g/mol. The predicted octanol–water partition coefficient (Wildman–Crippen LogP) is 3.23. The van der Waals surface area contributed by atoms with Gasteiger partial charge in [-0.15, -0.1) is 0 Å². The largest absolute Gasteiger partial charge is 0.503 e. The van der Waals surface area contributed by atoms with E-state index in [0.717, 1.165) is 13.0 Å². The molecule has 0 spiro atoms. The van der Waals surface area contributed by atoms with Gasteiger partial charge in [-0.1, -0.05) is 5.16 Å². The molecule has 1 aromatic heterocycles. The number of benzene rings is 2. The van der Waals surface area contributed by atoms with E-state index in [0.29, 0.717) is 44.6 Å². The van der Waals surface area contributed by atoms with E-state index in [-0.39, 0.29) is 11.6 Å². The summed E-state index contributed by atoms with van der Waals surface area (Å²) >= 11 is 0. The van der Waals surface area contributed by atoms with Crippen molar-refractivity contribution in [2.24, 2.45) is 0 Å². The number of amides is 1. The number of aromatic hydroxyl groups is 1. The summed E-state index contributed by atoms with van der Waals surface area (Å²) < 4.78 is 64.1. The summed E-state index contributed by atoms with van der Waals surface area (Å²) in [6, 6.07) is 6.25. The Labute approximate surface area is 191 Å². The summed E-state index contributed by atoms with van der Waals surface area (Å²) in [5.41, 5.74) is -0.657. The molecule has 2 aromatic carbocycles. The summed E-state index contributed by atoms with van der Waals surface area (Å²) in [7, 11) is 0. The monoisotopic (exact) mass is 480 g/mol. The minimum Gasteiger partial charge on any atom is -0.503 e. The third-order valence-electron chi connectivity index (χ3n) is 5.34. The quantitative estimate of drug-likeness (QED) is 0.315. The number of rotatable bonds is 7. The van der Waals surface area contributed by atoms with Crippen LogP contribution in [0.3, 0.4) is 0 Å². The third kappa shape index (κ3) is 5.11. The summed E-state index contributed by atoms with van der Waals surface area (Å²) in [5.74, 6) is -7.44. The van der Waals surface area contributed by atoms with Crippen molar-refractivity contribution in [3.8, 4) is 23.0 Å². The molecule has 4 rings (SSSR count). The first-order chi connectivity index (χ1) is 16.3. The van der Waals surface area contributed by atoms with Gasteiger partial charge in [0.05, 0.1) is 12.2 Å². The summed E-state index contributed by atoms with van der Waals surface area (Å²) in [5, 5.41) is 12.8. The number of hydrogen-bond donors (Lipinski definition) is 1. The van der Waals surface area contributed by atoms with Crippen molar-refractivity contribution in [2.75, 3.05) is 39.3 Å². The predicted molar refractivity (Wildman–Crippen MR) is 110 cm³/mol. The van der Waals surface area contributed by atoms with Crippen molar-refractivity contribution in [1.29, 1.82) is 0 Å². The maximum Gasteiger partial charge on any atom is 0.295 e. The van der Waals surface area contributed by atoms with E-state index < -0.39 is 40.6 Å². The number of ether oxygens (including phenoxy) is 1. The molecule has 1 N–H and O–H groups in total. The lowest BCUT2D eigenvalue weighted by Crippen LogP contribution is -2.49. The van der Waals surface area contributed by atoms with Crippen LogP contribution in [0, 0.1) is 23.3 Å². The maximum absolute atomic E-state index is 14.1. The zero-order valence-corrected chi connectivity index (χ0v) is 17.8. The number of hydrogen-bond acceptors (Lipinski definition) is 7. The fraction of sp³-hybridized carbons (Fsp3) is 0.318. The molecule has 1 fully saturated rings. The van der Waals surface area contributed by atoms with Crippen LogP contribution >= 0.6 is 0 Å². The second-order valence-corrected chi connectivity index (χ2v) is 7.60. The van der Waals surface area contributed by atoms with Gasteiger partial charge in [0.15, 0.2) is 17.4 Å². The van der Waals surface area contributed by atoms with Crippen LogP contribution in [-0.2, 0) is 0 Å². The fourth-order valence-corrected chi connectivity index (χ4v) is 3.49. The van der Waals surface area contributed by atoms with E-state index in [1.807, 2.05) is 0 Å². The first kappa shape index (κ1) is 23.5. The smallest absolute Gasteiger partial charge is 0.295 e. The SMILES string of the molecule is O=C(c1noc(-c2cc(F)c(F)c(O)c2F)n1)N1CCN(CCCOc2ccc(F)cc2)CC1. The summed E-state index contributed by atoms with van der Waals surface area (Å²) in [6.07, 6.45) is 0.742. The van der Waals surface area contributed by atoms with E-state index in [4.69, 9.17) is 9.26 Å². The number of halogens is 4. The maximum atomic E-state index is 14.1. The van der Waals surface area contributed by atoms with Crippen LogP contribution in [0.2, 0.25) is 0 Å². The number of carbonyl (C=O) groups is 1. The van der Waals surface area contributed by atoms with Gasteiger partial charge in [0.25, 0.3) is 17.6 Å². The van der Waals surface area contributed by atoms with Crippen molar-refractivity contribution in [3.05, 3.63) is 59.4 Å². The number of phenols is 1. The number of aromatic nitrogens is 2. The topological polar surface area (TPSA) is 91.9 Å². The number of phenolic OH excluding ortho intramolecular Hbond substituents is 1. The van der Waals surface area contributed by atoms with Crippen LogP contribution in [0.15, 0.2) is 34.9 Å². The lowest BCUT2D eigenvalue weighted by Gasteiger charge is -2.34. The van der Waals surface area contributed by atoms with Crippen molar-refractivity contribution < 1.29 is 36.7 Å². The second-order valence-electron chi connectivity index (χ2n) is 7.60. The lowest BCUT2D eigenvalue weighted by molar-refractivity contribution is 0.0615. The molecule has 8 nitrogen and oxygen atoms in total. The Balaban J connectivity index is 1.27. The lowest BCUT2D eigenvalue weighted by atomic mass is 10.2. The van der Waals surface area contributed by atoms with Crippen LogP contribution in [0.25, 0.3) is 11.5 Å². The molecule has 0 radical (unpaired) electrons. The molecular formula is C22H20F4N4O4. The first-order valence-corrected chi connectivity index (χ1v) is 10.4. The van der Waals surface area contributed by atoms with Gasteiger partial charge < -0.3 is 19.3 Å². The molecule has 0 aliphatic carbocycles. The van der Waals surface area contributed by atoms with Gasteiger partial charge in [-0.25, -0.2) is 13.2 Å². The van der Waals surface area contributed by atoms with Crippen LogP contribution in [0.4, 0.5) is 17.6 Å². The third-order valence-corrected chi connectivity index (χ3v) is 5.34. The van der Waals surface area contributed by atoms with Crippen molar-refractivity contribution >= 4 is 5.91 Å². The van der Waals surface area contributed by atoms with Gasteiger partial charge in [0.1, 0.15) is 11.6 Å². The van der Waals surface area contributed by atoms with E-state index in [9.17, 15) is 27.5 Å². The van der Waals surface area contributed by atoms with Gasteiger partial charge in [-0.2, -0.15) is 9.37 Å². The molecule has 1 aliphatic rings. The van der Waals surface area contributed by atoms with Crippen molar-refractivity contribution in [1.82, 2.24) is 19.9 Å². The van der Waals surface area contributed by atoms with E-state index in [2.05, 4.69) is 15.0 Å². The van der Waals surface area contributed by atoms with Gasteiger partial charge in [-0.3, -0.25) is 9.69 Å². The molecule has 34 heavy (non-hydrogen) atoms. The average molecular weight is 480 g/mol. The van der Waals surface area contributed by atoms with E-state index in [1.54, 1.807) is 12.1 Å². The summed E-state index contributed by atoms with van der Waals surface area (Å²) in [6.45, 7) is 3.18. The number of carbonyl (C=O) groups excluding carboxylic acids is 1. The van der Waals surface area contributed by atoms with Gasteiger partial charge in [-0.05, 0) is 36.8 Å². The normalized spacial score (nSPS) is 14.4. The number of piperazine rings is 1. The van der Waals surface area contributed by atoms with Gasteiger partial charge in [0.2, 0.25) is 5.82 Å². The molecule has 0 unspecified atom stereocenters. The Morgan fingerprint density at radius 3 is 2.47 bits per heavy atom. The van der Waals surface area contributed by atoms with Gasteiger partial charge >= 0.3 is 0 Å². The molecule has 0 bridgehead atoms. The molecule has 180 valence electrons. The minimum atomic E-state index is -1.74. The Morgan fingerprint density at radius 2 is 1.76 bits per heavy atom. The highest BCUT2D eigenvalue weighted by Crippen LogP contribution is 2.31. The fourth-order valence-electron chi connectivity index (χ4n) is 3.49.